The number of aromatic nitrogens is 3. The number of hydrogen-bond acceptors (Lipinski definition) is 4. The molecule has 3 rings (SSSR count). The minimum Gasteiger partial charge on any atom is -0.330 e. The molecule has 1 aliphatic heterocycles. The molecule has 6 nitrogen and oxygen atoms in total. The highest BCUT2D eigenvalue weighted by Gasteiger charge is 2.32. The highest BCUT2D eigenvalue weighted by molar-refractivity contribution is 5.94. The minimum absolute atomic E-state index is 0.0878. The molecule has 1 amide bonds. The van der Waals surface area contributed by atoms with E-state index >= 15 is 0 Å². The number of aryl methyl sites for hydroxylation is 2. The lowest BCUT2D eigenvalue weighted by Gasteiger charge is -2.24. The van der Waals surface area contributed by atoms with Crippen molar-refractivity contribution >= 4 is 5.91 Å². The molecule has 1 atom stereocenters. The summed E-state index contributed by atoms with van der Waals surface area (Å²) in [6.07, 6.45) is 3.48. The first-order valence-corrected chi connectivity index (χ1v) is 7.76. The lowest BCUT2D eigenvalue weighted by molar-refractivity contribution is 0.0730. The molecule has 1 fully saturated rings. The third-order valence-corrected chi connectivity index (χ3v) is 4.44. The van der Waals surface area contributed by atoms with Crippen LogP contribution in [0.15, 0.2) is 29.2 Å². The van der Waals surface area contributed by atoms with Crippen LogP contribution in [-0.4, -0.2) is 31.9 Å². The minimum atomic E-state index is -0.250. The van der Waals surface area contributed by atoms with Crippen LogP contribution in [0.5, 0.6) is 0 Å². The van der Waals surface area contributed by atoms with E-state index in [0.717, 1.165) is 24.2 Å². The molecule has 0 radical (unpaired) electrons. The second-order valence-electron chi connectivity index (χ2n) is 5.94. The Morgan fingerprint density at radius 3 is 2.78 bits per heavy atom. The molecule has 0 spiro atoms. The highest BCUT2D eigenvalue weighted by atomic mass is 16.2. The first-order chi connectivity index (χ1) is 11.0. The standard InChI is InChI=1S/C17H20N4O2/c1-11-6-7-13(16(22)20(11)3)17(23)21-10-4-5-15(21)14-8-9-18-12(2)19-14/h6-9,15H,4-5,10H2,1-3H3. The molecule has 2 aromatic rings. The predicted molar refractivity (Wildman–Crippen MR) is 86.2 cm³/mol. The van der Waals surface area contributed by atoms with E-state index in [-0.39, 0.29) is 23.1 Å². The summed E-state index contributed by atoms with van der Waals surface area (Å²) in [6, 6.07) is 5.18. The monoisotopic (exact) mass is 312 g/mol. The SMILES string of the molecule is Cc1nccc(C2CCCN2C(=O)c2ccc(C)n(C)c2=O)n1. The molecule has 2 aromatic heterocycles. The van der Waals surface area contributed by atoms with Gasteiger partial charge in [0.1, 0.15) is 11.4 Å². The summed E-state index contributed by atoms with van der Waals surface area (Å²) in [5.41, 5.74) is 1.64. The predicted octanol–water partition coefficient (Wildman–Crippen LogP) is 1.77. The summed E-state index contributed by atoms with van der Waals surface area (Å²) in [5, 5.41) is 0. The van der Waals surface area contributed by atoms with Crippen molar-refractivity contribution in [2.24, 2.45) is 7.05 Å². The van der Waals surface area contributed by atoms with Crippen LogP contribution in [0.25, 0.3) is 0 Å². The fraction of sp³-hybridized carbons (Fsp3) is 0.412. The smallest absolute Gasteiger partial charge is 0.263 e. The zero-order valence-corrected chi connectivity index (χ0v) is 13.6. The number of likely N-dealkylation sites (tertiary alicyclic amines) is 1. The van der Waals surface area contributed by atoms with Crippen LogP contribution in [0.3, 0.4) is 0 Å². The molecule has 0 bridgehead atoms. The van der Waals surface area contributed by atoms with E-state index in [1.807, 2.05) is 19.9 Å². The fourth-order valence-electron chi connectivity index (χ4n) is 3.02. The number of hydrogen-bond donors (Lipinski definition) is 0. The zero-order chi connectivity index (χ0) is 16.6. The van der Waals surface area contributed by atoms with Gasteiger partial charge in [0.25, 0.3) is 11.5 Å². The Morgan fingerprint density at radius 1 is 1.26 bits per heavy atom. The van der Waals surface area contributed by atoms with Gasteiger partial charge in [-0.3, -0.25) is 9.59 Å². The third kappa shape index (κ3) is 2.76. The number of carbonyl (C=O) groups excluding carboxylic acids is 1. The summed E-state index contributed by atoms with van der Waals surface area (Å²) in [6.45, 7) is 4.32. The van der Waals surface area contributed by atoms with E-state index in [0.29, 0.717) is 12.4 Å². The Morgan fingerprint density at radius 2 is 2.04 bits per heavy atom. The Labute approximate surface area is 134 Å². The normalized spacial score (nSPS) is 17.5. The number of rotatable bonds is 2. The van der Waals surface area contributed by atoms with Crippen molar-refractivity contribution < 1.29 is 4.79 Å². The van der Waals surface area contributed by atoms with Crippen molar-refractivity contribution in [1.82, 2.24) is 19.4 Å². The zero-order valence-electron chi connectivity index (χ0n) is 13.6. The van der Waals surface area contributed by atoms with Gasteiger partial charge in [0.15, 0.2) is 0 Å². The topological polar surface area (TPSA) is 68.1 Å². The van der Waals surface area contributed by atoms with E-state index in [2.05, 4.69) is 9.97 Å². The molecule has 120 valence electrons. The molecule has 0 saturated carbocycles. The maximum atomic E-state index is 12.9. The van der Waals surface area contributed by atoms with E-state index in [1.165, 1.54) is 4.57 Å². The lowest BCUT2D eigenvalue weighted by atomic mass is 10.1. The molecular formula is C17H20N4O2. The lowest BCUT2D eigenvalue weighted by Crippen LogP contribution is -2.36. The Hall–Kier alpha value is -2.50. The summed E-state index contributed by atoms with van der Waals surface area (Å²) >= 11 is 0. The molecule has 6 heteroatoms. The largest absolute Gasteiger partial charge is 0.330 e. The summed E-state index contributed by atoms with van der Waals surface area (Å²) in [4.78, 5) is 35.6. The quantitative estimate of drug-likeness (QED) is 0.847. The van der Waals surface area contributed by atoms with E-state index in [9.17, 15) is 9.59 Å². The molecule has 1 unspecified atom stereocenters. The van der Waals surface area contributed by atoms with Gasteiger partial charge in [0.05, 0.1) is 11.7 Å². The van der Waals surface area contributed by atoms with Gasteiger partial charge in [-0.2, -0.15) is 0 Å². The molecule has 0 N–H and O–H groups in total. The van der Waals surface area contributed by atoms with Crippen LogP contribution < -0.4 is 5.56 Å². The maximum absolute atomic E-state index is 12.9. The van der Waals surface area contributed by atoms with Crippen molar-refractivity contribution in [3.05, 3.63) is 57.5 Å². The van der Waals surface area contributed by atoms with Crippen LogP contribution in [0.4, 0.5) is 0 Å². The van der Waals surface area contributed by atoms with E-state index in [1.54, 1.807) is 30.3 Å². The average molecular weight is 312 g/mol. The second kappa shape index (κ2) is 5.95. The van der Waals surface area contributed by atoms with Gasteiger partial charge in [0.2, 0.25) is 0 Å². The number of carbonyl (C=O) groups is 1. The Kier molecular flexibility index (Phi) is 3.98. The third-order valence-electron chi connectivity index (χ3n) is 4.44. The molecule has 0 aromatic carbocycles. The first kappa shape index (κ1) is 15.4. The maximum Gasteiger partial charge on any atom is 0.263 e. The molecule has 0 aliphatic carbocycles. The molecule has 23 heavy (non-hydrogen) atoms. The van der Waals surface area contributed by atoms with Crippen LogP contribution >= 0.6 is 0 Å². The summed E-state index contributed by atoms with van der Waals surface area (Å²) < 4.78 is 1.51. The van der Waals surface area contributed by atoms with Crippen molar-refractivity contribution in [2.45, 2.75) is 32.7 Å². The summed E-state index contributed by atoms with van der Waals surface area (Å²) in [7, 11) is 1.68. The summed E-state index contributed by atoms with van der Waals surface area (Å²) in [5.74, 6) is 0.470. The van der Waals surface area contributed by atoms with Crippen molar-refractivity contribution in [2.75, 3.05) is 6.54 Å². The van der Waals surface area contributed by atoms with Crippen LogP contribution in [0.2, 0.25) is 0 Å². The van der Waals surface area contributed by atoms with Gasteiger partial charge in [-0.15, -0.1) is 0 Å². The van der Waals surface area contributed by atoms with Gasteiger partial charge in [0, 0.05) is 25.5 Å². The number of nitrogens with zero attached hydrogens (tertiary/aromatic N) is 4. The fourth-order valence-corrected chi connectivity index (χ4v) is 3.02. The average Bonchev–Trinajstić information content (AvgIpc) is 3.02. The van der Waals surface area contributed by atoms with Crippen molar-refractivity contribution in [3.63, 3.8) is 0 Å². The van der Waals surface area contributed by atoms with Crippen LogP contribution in [-0.2, 0) is 7.05 Å². The second-order valence-corrected chi connectivity index (χ2v) is 5.94. The van der Waals surface area contributed by atoms with E-state index in [4.69, 9.17) is 0 Å². The Bertz CT molecular complexity index is 812. The van der Waals surface area contributed by atoms with Gasteiger partial charge >= 0.3 is 0 Å². The van der Waals surface area contributed by atoms with Gasteiger partial charge in [-0.25, -0.2) is 9.97 Å². The van der Waals surface area contributed by atoms with Gasteiger partial charge in [-0.05, 0) is 44.9 Å². The van der Waals surface area contributed by atoms with E-state index < -0.39 is 0 Å². The van der Waals surface area contributed by atoms with Crippen LogP contribution in [0.1, 0.15) is 46.5 Å². The van der Waals surface area contributed by atoms with Crippen LogP contribution in [0, 0.1) is 13.8 Å². The number of amides is 1. The Balaban J connectivity index is 1.96. The van der Waals surface area contributed by atoms with Gasteiger partial charge in [-0.1, -0.05) is 0 Å². The number of pyridine rings is 1. The first-order valence-electron chi connectivity index (χ1n) is 7.76. The molecule has 1 saturated heterocycles. The highest BCUT2D eigenvalue weighted by Crippen LogP contribution is 2.31. The molecular weight excluding hydrogens is 292 g/mol. The molecule has 1 aliphatic rings. The van der Waals surface area contributed by atoms with Crippen molar-refractivity contribution in [3.8, 4) is 0 Å². The molecule has 3 heterocycles. The van der Waals surface area contributed by atoms with Crippen molar-refractivity contribution in [1.29, 1.82) is 0 Å². The van der Waals surface area contributed by atoms with Gasteiger partial charge < -0.3 is 9.47 Å².